The fourth-order valence-corrected chi connectivity index (χ4v) is 3.53. The summed E-state index contributed by atoms with van der Waals surface area (Å²) < 4.78 is 13.5. The molecule has 0 aromatic heterocycles. The molecule has 1 aromatic carbocycles. The molecule has 98 valence electrons. The third-order valence-electron chi connectivity index (χ3n) is 4.49. The van der Waals surface area contributed by atoms with E-state index in [9.17, 15) is 4.39 Å². The summed E-state index contributed by atoms with van der Waals surface area (Å²) in [5, 5.41) is 2.38. The van der Waals surface area contributed by atoms with Gasteiger partial charge in [-0.2, -0.15) is 0 Å². The molecule has 0 bridgehead atoms. The van der Waals surface area contributed by atoms with Crippen molar-refractivity contribution in [3.05, 3.63) is 35.1 Å². The first kappa shape index (κ1) is 12.1. The van der Waals surface area contributed by atoms with E-state index in [1.54, 1.807) is 17.0 Å². The SMILES string of the molecule is Fc1ccc2c(c1)[C@@H]([NH+]1CCCCCC1)C[NH2+]C2. The Morgan fingerprint density at radius 1 is 1.11 bits per heavy atom. The van der Waals surface area contributed by atoms with Crippen molar-refractivity contribution in [2.24, 2.45) is 0 Å². The Balaban J connectivity index is 1.87. The number of hydrogen-bond donors (Lipinski definition) is 2. The van der Waals surface area contributed by atoms with Gasteiger partial charge in [0.25, 0.3) is 0 Å². The Hall–Kier alpha value is -0.930. The predicted molar refractivity (Wildman–Crippen MR) is 68.8 cm³/mol. The topological polar surface area (TPSA) is 21.1 Å². The highest BCUT2D eigenvalue weighted by Gasteiger charge is 2.32. The van der Waals surface area contributed by atoms with Gasteiger partial charge in [-0.3, -0.25) is 0 Å². The number of quaternary nitrogens is 2. The van der Waals surface area contributed by atoms with Gasteiger partial charge in [0, 0.05) is 11.1 Å². The van der Waals surface area contributed by atoms with E-state index >= 15 is 0 Å². The smallest absolute Gasteiger partial charge is 0.163 e. The molecular weight excluding hydrogens is 227 g/mol. The first-order chi connectivity index (χ1) is 8.84. The molecule has 2 aliphatic rings. The van der Waals surface area contributed by atoms with E-state index in [2.05, 4.69) is 5.32 Å². The van der Waals surface area contributed by atoms with Crippen molar-refractivity contribution in [1.82, 2.24) is 0 Å². The zero-order chi connectivity index (χ0) is 12.4. The van der Waals surface area contributed by atoms with Crippen LogP contribution in [0, 0.1) is 5.82 Å². The molecule has 3 heteroatoms. The summed E-state index contributed by atoms with van der Waals surface area (Å²) in [6.07, 6.45) is 5.40. The van der Waals surface area contributed by atoms with E-state index in [-0.39, 0.29) is 5.82 Å². The van der Waals surface area contributed by atoms with Gasteiger partial charge in [0.15, 0.2) is 6.04 Å². The third kappa shape index (κ3) is 2.43. The van der Waals surface area contributed by atoms with Gasteiger partial charge >= 0.3 is 0 Å². The van der Waals surface area contributed by atoms with Crippen LogP contribution in [0.25, 0.3) is 0 Å². The lowest BCUT2D eigenvalue weighted by Gasteiger charge is -2.30. The monoisotopic (exact) mass is 250 g/mol. The van der Waals surface area contributed by atoms with Crippen LogP contribution in [0.2, 0.25) is 0 Å². The van der Waals surface area contributed by atoms with Gasteiger partial charge < -0.3 is 10.2 Å². The van der Waals surface area contributed by atoms with E-state index in [4.69, 9.17) is 0 Å². The van der Waals surface area contributed by atoms with Crippen LogP contribution in [0.5, 0.6) is 0 Å². The van der Waals surface area contributed by atoms with Crippen molar-refractivity contribution in [3.63, 3.8) is 0 Å². The van der Waals surface area contributed by atoms with Crippen molar-refractivity contribution >= 4 is 0 Å². The fourth-order valence-electron chi connectivity index (χ4n) is 3.53. The van der Waals surface area contributed by atoms with Crippen LogP contribution in [0.1, 0.15) is 42.9 Å². The maximum atomic E-state index is 13.5. The Labute approximate surface area is 108 Å². The largest absolute Gasteiger partial charge is 0.337 e. The number of likely N-dealkylation sites (tertiary alicyclic amines) is 1. The summed E-state index contributed by atoms with van der Waals surface area (Å²) in [4.78, 5) is 1.68. The van der Waals surface area contributed by atoms with Gasteiger partial charge in [-0.05, 0) is 43.9 Å². The maximum absolute atomic E-state index is 13.5. The first-order valence-electron chi connectivity index (χ1n) is 7.29. The lowest BCUT2D eigenvalue weighted by Crippen LogP contribution is -3.15. The molecule has 3 rings (SSSR count). The average molecular weight is 250 g/mol. The molecule has 0 radical (unpaired) electrons. The zero-order valence-corrected chi connectivity index (χ0v) is 10.9. The molecule has 2 heterocycles. The molecule has 1 atom stereocenters. The van der Waals surface area contributed by atoms with Crippen molar-refractivity contribution in [2.45, 2.75) is 38.3 Å². The number of rotatable bonds is 1. The van der Waals surface area contributed by atoms with Crippen LogP contribution in [0.15, 0.2) is 18.2 Å². The van der Waals surface area contributed by atoms with Crippen LogP contribution in [0.4, 0.5) is 4.39 Å². The van der Waals surface area contributed by atoms with E-state index in [1.807, 2.05) is 6.07 Å². The van der Waals surface area contributed by atoms with E-state index in [0.717, 1.165) is 13.1 Å². The number of nitrogens with one attached hydrogen (secondary N) is 1. The Morgan fingerprint density at radius 3 is 2.67 bits per heavy atom. The zero-order valence-electron chi connectivity index (χ0n) is 10.9. The highest BCUT2D eigenvalue weighted by atomic mass is 19.1. The molecule has 2 nitrogen and oxygen atoms in total. The van der Waals surface area contributed by atoms with Crippen molar-refractivity contribution in [2.75, 3.05) is 19.6 Å². The van der Waals surface area contributed by atoms with Crippen LogP contribution < -0.4 is 10.2 Å². The van der Waals surface area contributed by atoms with Gasteiger partial charge in [0.05, 0.1) is 13.1 Å². The fraction of sp³-hybridized carbons (Fsp3) is 0.600. The molecule has 3 N–H and O–H groups in total. The molecule has 0 spiro atoms. The van der Waals surface area contributed by atoms with Crippen molar-refractivity contribution in [1.29, 1.82) is 0 Å². The highest BCUT2D eigenvalue weighted by Crippen LogP contribution is 2.19. The predicted octanol–water partition coefficient (Wildman–Crippen LogP) is 0.403. The van der Waals surface area contributed by atoms with Gasteiger partial charge in [0.2, 0.25) is 0 Å². The lowest BCUT2D eigenvalue weighted by atomic mass is 9.95. The maximum Gasteiger partial charge on any atom is 0.163 e. The van der Waals surface area contributed by atoms with Gasteiger partial charge in [-0.1, -0.05) is 0 Å². The van der Waals surface area contributed by atoms with Crippen LogP contribution in [-0.4, -0.2) is 19.6 Å². The Morgan fingerprint density at radius 2 is 1.89 bits per heavy atom. The van der Waals surface area contributed by atoms with Crippen LogP contribution >= 0.6 is 0 Å². The summed E-state index contributed by atoms with van der Waals surface area (Å²) in [6, 6.07) is 5.87. The van der Waals surface area contributed by atoms with Gasteiger partial charge in [-0.15, -0.1) is 0 Å². The lowest BCUT2D eigenvalue weighted by molar-refractivity contribution is -0.947. The molecule has 0 aliphatic carbocycles. The quantitative estimate of drug-likeness (QED) is 0.720. The summed E-state index contributed by atoms with van der Waals surface area (Å²) in [7, 11) is 0. The molecule has 18 heavy (non-hydrogen) atoms. The Kier molecular flexibility index (Phi) is 3.62. The molecule has 1 fully saturated rings. The highest BCUT2D eigenvalue weighted by molar-refractivity contribution is 5.30. The number of hydrogen-bond acceptors (Lipinski definition) is 0. The normalized spacial score (nSPS) is 25.5. The van der Waals surface area contributed by atoms with E-state index in [1.165, 1.54) is 49.9 Å². The number of halogens is 1. The number of fused-ring (bicyclic) bond motifs is 1. The molecule has 1 saturated heterocycles. The summed E-state index contributed by atoms with van der Waals surface area (Å²) in [5.41, 5.74) is 2.61. The Bertz CT molecular complexity index is 411. The van der Waals surface area contributed by atoms with Gasteiger partial charge in [0.1, 0.15) is 18.9 Å². The van der Waals surface area contributed by atoms with Crippen LogP contribution in [-0.2, 0) is 6.54 Å². The number of benzene rings is 1. The molecule has 0 unspecified atom stereocenters. The first-order valence-corrected chi connectivity index (χ1v) is 7.29. The van der Waals surface area contributed by atoms with Crippen molar-refractivity contribution in [3.8, 4) is 0 Å². The second-order valence-corrected chi connectivity index (χ2v) is 5.70. The molecule has 0 amide bonds. The van der Waals surface area contributed by atoms with Crippen LogP contribution in [0.3, 0.4) is 0 Å². The summed E-state index contributed by atoms with van der Waals surface area (Å²) in [5.74, 6) is -0.0742. The summed E-state index contributed by atoms with van der Waals surface area (Å²) in [6.45, 7) is 4.65. The second kappa shape index (κ2) is 5.37. The second-order valence-electron chi connectivity index (χ2n) is 5.70. The standard InChI is InChI=1S/C15H21FN2/c16-13-6-5-12-10-17-11-15(14(12)9-13)18-7-3-1-2-4-8-18/h5-6,9,15,17H,1-4,7-8,10-11H2/p+2/t15-/m0/s1. The molecule has 2 aliphatic heterocycles. The molecular formula is C15H23FN2+2. The van der Waals surface area contributed by atoms with Gasteiger partial charge in [-0.25, -0.2) is 4.39 Å². The minimum absolute atomic E-state index is 0.0742. The minimum Gasteiger partial charge on any atom is -0.337 e. The van der Waals surface area contributed by atoms with E-state index < -0.39 is 0 Å². The van der Waals surface area contributed by atoms with Crippen molar-refractivity contribution < 1.29 is 14.6 Å². The number of nitrogens with two attached hydrogens (primary N) is 1. The molecule has 1 aromatic rings. The third-order valence-corrected chi connectivity index (χ3v) is 4.49. The summed E-state index contributed by atoms with van der Waals surface area (Å²) >= 11 is 0. The van der Waals surface area contributed by atoms with E-state index in [0.29, 0.717) is 6.04 Å². The average Bonchev–Trinajstić information content (AvgIpc) is 2.67. The molecule has 0 saturated carbocycles. The minimum atomic E-state index is -0.0742.